The summed E-state index contributed by atoms with van der Waals surface area (Å²) in [5.74, 6) is -1.32. The van der Waals surface area contributed by atoms with Gasteiger partial charge in [0, 0.05) is 10.9 Å². The molecule has 0 aliphatic heterocycles. The fourth-order valence-electron chi connectivity index (χ4n) is 2.73. The van der Waals surface area contributed by atoms with E-state index in [1.54, 1.807) is 6.07 Å². The number of aromatic nitrogens is 1. The first kappa shape index (κ1) is 21.7. The van der Waals surface area contributed by atoms with Gasteiger partial charge in [0.15, 0.2) is 0 Å². The van der Waals surface area contributed by atoms with Gasteiger partial charge in [0.05, 0.1) is 23.7 Å². The van der Waals surface area contributed by atoms with Crippen molar-refractivity contribution >= 4 is 50.3 Å². The van der Waals surface area contributed by atoms with E-state index in [9.17, 15) is 17.6 Å². The molecule has 0 spiro atoms. The highest BCUT2D eigenvalue weighted by Crippen LogP contribution is 2.20. The molecule has 1 amide bonds. The number of aryl methyl sites for hydroxylation is 1. The number of carbonyl (C=O) groups excluding carboxylic acids is 1. The molecule has 0 unspecified atom stereocenters. The normalized spacial score (nSPS) is 11.7. The Kier molecular flexibility index (Phi) is 6.33. The third kappa shape index (κ3) is 5.31. The number of nitrogens with zero attached hydrogens (tertiary/aromatic N) is 3. The number of anilines is 1. The third-order valence-corrected chi connectivity index (χ3v) is 5.57. The van der Waals surface area contributed by atoms with Crippen LogP contribution in [-0.2, 0) is 14.8 Å². The Morgan fingerprint density at radius 2 is 2.03 bits per heavy atom. The minimum Gasteiger partial charge on any atom is -0.271 e. The van der Waals surface area contributed by atoms with Crippen LogP contribution in [0, 0.1) is 12.7 Å². The molecule has 0 saturated heterocycles. The minimum atomic E-state index is -3.82. The molecule has 0 radical (unpaired) electrons. The number of hydrazone groups is 1. The van der Waals surface area contributed by atoms with Crippen molar-refractivity contribution in [1.82, 2.24) is 10.4 Å². The number of nitrogens with one attached hydrogen (secondary N) is 1. The van der Waals surface area contributed by atoms with Crippen molar-refractivity contribution in [3.63, 3.8) is 0 Å². The largest absolute Gasteiger partial charge is 0.271 e. The summed E-state index contributed by atoms with van der Waals surface area (Å²) in [5.41, 5.74) is 4.55. The second-order valence-corrected chi connectivity index (χ2v) is 8.87. The van der Waals surface area contributed by atoms with Gasteiger partial charge in [-0.05, 0) is 42.8 Å². The maximum Gasteiger partial charge on any atom is 0.260 e. The van der Waals surface area contributed by atoms with Gasteiger partial charge in [-0.1, -0.05) is 29.8 Å². The lowest BCUT2D eigenvalue weighted by atomic mass is 10.1. The van der Waals surface area contributed by atoms with Crippen molar-refractivity contribution in [3.8, 4) is 0 Å². The highest BCUT2D eigenvalue weighted by Gasteiger charge is 2.21. The van der Waals surface area contributed by atoms with E-state index in [-0.39, 0.29) is 10.8 Å². The van der Waals surface area contributed by atoms with Crippen LogP contribution in [0.25, 0.3) is 10.9 Å². The number of amides is 1. The van der Waals surface area contributed by atoms with E-state index >= 15 is 0 Å². The van der Waals surface area contributed by atoms with E-state index in [1.165, 1.54) is 24.4 Å². The first-order valence-corrected chi connectivity index (χ1v) is 11.0. The number of carbonyl (C=O) groups is 1. The lowest BCUT2D eigenvalue weighted by Crippen LogP contribution is -2.39. The lowest BCUT2D eigenvalue weighted by Gasteiger charge is -2.21. The summed E-state index contributed by atoms with van der Waals surface area (Å²) in [6, 6.07) is 12.5. The third-order valence-electron chi connectivity index (χ3n) is 4.13. The molecule has 10 heteroatoms. The lowest BCUT2D eigenvalue weighted by molar-refractivity contribution is -0.119. The second kappa shape index (κ2) is 8.76. The molecule has 3 rings (SSSR count). The zero-order valence-electron chi connectivity index (χ0n) is 16.1. The summed E-state index contributed by atoms with van der Waals surface area (Å²) >= 11 is 6.17. The zero-order valence-corrected chi connectivity index (χ0v) is 17.7. The Balaban J connectivity index is 1.74. The number of sulfonamides is 1. The Morgan fingerprint density at radius 1 is 1.27 bits per heavy atom. The van der Waals surface area contributed by atoms with Gasteiger partial charge in [0.2, 0.25) is 10.0 Å². The van der Waals surface area contributed by atoms with Gasteiger partial charge in [-0.15, -0.1) is 0 Å². The summed E-state index contributed by atoms with van der Waals surface area (Å²) in [4.78, 5) is 16.5. The molecule has 0 atom stereocenters. The van der Waals surface area contributed by atoms with Gasteiger partial charge in [-0.2, -0.15) is 5.10 Å². The molecule has 1 aromatic heterocycles. The maximum absolute atomic E-state index is 13.5. The SMILES string of the molecule is Cc1ccc2cc(/C=N\NC(=O)CN(c3cccc(F)c3)S(C)(=O)=O)c(Cl)nc2c1. The first-order valence-electron chi connectivity index (χ1n) is 8.75. The number of hydrogen-bond donors (Lipinski definition) is 1. The Bertz CT molecular complexity index is 1250. The second-order valence-electron chi connectivity index (χ2n) is 6.61. The molecule has 156 valence electrons. The van der Waals surface area contributed by atoms with E-state index < -0.39 is 28.3 Å². The predicted molar refractivity (Wildman–Crippen MR) is 116 cm³/mol. The summed E-state index contributed by atoms with van der Waals surface area (Å²) in [6.07, 6.45) is 2.25. The molecule has 0 bridgehead atoms. The molecule has 2 aromatic carbocycles. The number of halogens is 2. The van der Waals surface area contributed by atoms with Gasteiger partial charge >= 0.3 is 0 Å². The van der Waals surface area contributed by atoms with Crippen LogP contribution in [0.4, 0.5) is 10.1 Å². The van der Waals surface area contributed by atoms with Crippen LogP contribution in [0.15, 0.2) is 53.6 Å². The Morgan fingerprint density at radius 3 is 2.73 bits per heavy atom. The standard InChI is InChI=1S/C20H18ClFN4O3S/c1-13-6-7-14-9-15(20(21)24-18(14)8-13)11-23-25-19(27)12-26(30(2,28)29)17-5-3-4-16(22)10-17/h3-11H,12H2,1-2H3,(H,25,27)/b23-11-. The van der Waals surface area contributed by atoms with E-state index in [0.29, 0.717) is 5.56 Å². The van der Waals surface area contributed by atoms with Crippen LogP contribution in [0.3, 0.4) is 0 Å². The zero-order chi connectivity index (χ0) is 21.9. The number of pyridine rings is 1. The van der Waals surface area contributed by atoms with Gasteiger partial charge in [0.1, 0.15) is 17.5 Å². The maximum atomic E-state index is 13.5. The fraction of sp³-hybridized carbons (Fsp3) is 0.150. The molecule has 1 heterocycles. The number of fused-ring (bicyclic) bond motifs is 1. The van der Waals surface area contributed by atoms with E-state index in [4.69, 9.17) is 11.6 Å². The van der Waals surface area contributed by atoms with Crippen LogP contribution in [-0.4, -0.2) is 38.3 Å². The highest BCUT2D eigenvalue weighted by atomic mass is 35.5. The van der Waals surface area contributed by atoms with Crippen LogP contribution in [0.1, 0.15) is 11.1 Å². The number of rotatable bonds is 6. The Labute approximate surface area is 178 Å². The quantitative estimate of drug-likeness (QED) is 0.356. The van der Waals surface area contributed by atoms with E-state index in [2.05, 4.69) is 15.5 Å². The molecule has 0 fully saturated rings. The molecule has 3 aromatic rings. The predicted octanol–water partition coefficient (Wildman–Crippen LogP) is 3.25. The monoisotopic (exact) mass is 448 g/mol. The molecular weight excluding hydrogens is 431 g/mol. The number of benzene rings is 2. The van der Waals surface area contributed by atoms with E-state index in [0.717, 1.165) is 33.1 Å². The van der Waals surface area contributed by atoms with E-state index in [1.807, 2.05) is 25.1 Å². The summed E-state index contributed by atoms with van der Waals surface area (Å²) < 4.78 is 38.3. The smallest absolute Gasteiger partial charge is 0.260 e. The van der Waals surface area contributed by atoms with Crippen LogP contribution >= 0.6 is 11.6 Å². The van der Waals surface area contributed by atoms with Gasteiger partial charge < -0.3 is 0 Å². The highest BCUT2D eigenvalue weighted by molar-refractivity contribution is 7.92. The van der Waals surface area contributed by atoms with Crippen molar-refractivity contribution in [3.05, 3.63) is 70.6 Å². The van der Waals surface area contributed by atoms with Crippen LogP contribution in [0.5, 0.6) is 0 Å². The van der Waals surface area contributed by atoms with Crippen molar-refractivity contribution < 1.29 is 17.6 Å². The van der Waals surface area contributed by atoms with Crippen molar-refractivity contribution in [2.24, 2.45) is 5.10 Å². The van der Waals surface area contributed by atoms with Gasteiger partial charge in [0.25, 0.3) is 5.91 Å². The number of hydrogen-bond acceptors (Lipinski definition) is 5. The molecule has 0 aliphatic rings. The molecule has 0 aliphatic carbocycles. The van der Waals surface area contributed by atoms with Gasteiger partial charge in [-0.25, -0.2) is 23.2 Å². The van der Waals surface area contributed by atoms with Crippen LogP contribution in [0.2, 0.25) is 5.15 Å². The molecule has 1 N–H and O–H groups in total. The summed E-state index contributed by atoms with van der Waals surface area (Å²) in [5, 5.41) is 4.89. The topological polar surface area (TPSA) is 91.7 Å². The average molecular weight is 449 g/mol. The van der Waals surface area contributed by atoms with Crippen molar-refractivity contribution in [1.29, 1.82) is 0 Å². The summed E-state index contributed by atoms with van der Waals surface area (Å²) in [7, 11) is -3.82. The van der Waals surface area contributed by atoms with Gasteiger partial charge in [-0.3, -0.25) is 9.10 Å². The average Bonchev–Trinajstić information content (AvgIpc) is 2.65. The molecule has 7 nitrogen and oxygen atoms in total. The molecule has 30 heavy (non-hydrogen) atoms. The molecular formula is C20H18ClFN4O3S. The summed E-state index contributed by atoms with van der Waals surface area (Å²) in [6.45, 7) is 1.38. The minimum absolute atomic E-state index is 0.0358. The first-order chi connectivity index (χ1) is 14.1. The van der Waals surface area contributed by atoms with Crippen molar-refractivity contribution in [2.45, 2.75) is 6.92 Å². The van der Waals surface area contributed by atoms with Crippen molar-refractivity contribution in [2.75, 3.05) is 17.1 Å². The Hall–Kier alpha value is -3.04. The fourth-order valence-corrected chi connectivity index (χ4v) is 3.77. The van der Waals surface area contributed by atoms with Crippen LogP contribution < -0.4 is 9.73 Å². The molecule has 0 saturated carbocycles.